The standard InChI is InChI=1S/C13H27N3O2/c1-10(2)8-16-6-4-5-12(16)7-14-13(18)15-11(3)9-17/h10-12,17H,4-9H2,1-3H3,(H2,14,15,18)/t11-,12+/m0/s1. The number of amides is 2. The zero-order valence-corrected chi connectivity index (χ0v) is 11.8. The third-order valence-corrected chi connectivity index (χ3v) is 3.25. The number of hydrogen-bond acceptors (Lipinski definition) is 3. The van der Waals surface area contributed by atoms with E-state index in [0.29, 0.717) is 18.5 Å². The molecule has 3 N–H and O–H groups in total. The Morgan fingerprint density at radius 3 is 2.78 bits per heavy atom. The molecule has 106 valence electrons. The predicted octanol–water partition coefficient (Wildman–Crippen LogP) is 0.787. The Balaban J connectivity index is 2.27. The Kier molecular flexibility index (Phi) is 6.43. The van der Waals surface area contributed by atoms with Crippen molar-refractivity contribution in [1.29, 1.82) is 0 Å². The lowest BCUT2D eigenvalue weighted by Crippen LogP contribution is -2.47. The van der Waals surface area contributed by atoms with E-state index in [2.05, 4.69) is 29.4 Å². The Morgan fingerprint density at radius 2 is 2.17 bits per heavy atom. The fourth-order valence-electron chi connectivity index (χ4n) is 2.37. The van der Waals surface area contributed by atoms with Crippen molar-refractivity contribution >= 4 is 6.03 Å². The maximum absolute atomic E-state index is 11.5. The third kappa shape index (κ3) is 5.23. The molecule has 0 spiro atoms. The molecule has 0 radical (unpaired) electrons. The summed E-state index contributed by atoms with van der Waals surface area (Å²) >= 11 is 0. The van der Waals surface area contributed by atoms with Crippen molar-refractivity contribution in [2.45, 2.75) is 45.7 Å². The zero-order valence-electron chi connectivity index (χ0n) is 11.8. The third-order valence-electron chi connectivity index (χ3n) is 3.25. The van der Waals surface area contributed by atoms with E-state index in [4.69, 9.17) is 5.11 Å². The number of carbonyl (C=O) groups is 1. The van der Waals surface area contributed by atoms with Crippen LogP contribution in [0.3, 0.4) is 0 Å². The summed E-state index contributed by atoms with van der Waals surface area (Å²) in [4.78, 5) is 14.0. The summed E-state index contributed by atoms with van der Waals surface area (Å²) in [6, 6.07) is 0.0795. The van der Waals surface area contributed by atoms with Crippen LogP contribution in [0.2, 0.25) is 0 Å². The molecule has 1 saturated heterocycles. The molecule has 0 bridgehead atoms. The first kappa shape index (κ1) is 15.2. The molecule has 0 aromatic carbocycles. The second kappa shape index (κ2) is 7.59. The number of nitrogens with one attached hydrogen (secondary N) is 2. The van der Waals surface area contributed by atoms with Crippen molar-refractivity contribution in [3.8, 4) is 0 Å². The van der Waals surface area contributed by atoms with Crippen LogP contribution in [0.4, 0.5) is 4.79 Å². The van der Waals surface area contributed by atoms with Crippen molar-refractivity contribution in [3.05, 3.63) is 0 Å². The fraction of sp³-hybridized carbons (Fsp3) is 0.923. The Labute approximate surface area is 110 Å². The summed E-state index contributed by atoms with van der Waals surface area (Å²) in [6.45, 7) is 9.12. The second-order valence-electron chi connectivity index (χ2n) is 5.62. The van der Waals surface area contributed by atoms with Crippen LogP contribution in [0.5, 0.6) is 0 Å². The number of likely N-dealkylation sites (tertiary alicyclic amines) is 1. The summed E-state index contributed by atoms with van der Waals surface area (Å²) in [6.07, 6.45) is 2.37. The highest BCUT2D eigenvalue weighted by Crippen LogP contribution is 2.17. The fourth-order valence-corrected chi connectivity index (χ4v) is 2.37. The molecule has 1 aliphatic rings. The van der Waals surface area contributed by atoms with Crippen LogP contribution >= 0.6 is 0 Å². The van der Waals surface area contributed by atoms with Crippen LogP contribution in [0.25, 0.3) is 0 Å². The Morgan fingerprint density at radius 1 is 1.44 bits per heavy atom. The molecule has 0 aromatic heterocycles. The molecule has 0 aliphatic carbocycles. The van der Waals surface area contributed by atoms with Crippen molar-refractivity contribution in [2.75, 3.05) is 26.2 Å². The molecule has 1 fully saturated rings. The lowest BCUT2D eigenvalue weighted by Gasteiger charge is -2.26. The molecule has 0 aromatic rings. The molecular formula is C13H27N3O2. The summed E-state index contributed by atoms with van der Waals surface area (Å²) in [5.74, 6) is 0.661. The van der Waals surface area contributed by atoms with Gasteiger partial charge in [0.1, 0.15) is 0 Å². The van der Waals surface area contributed by atoms with Crippen LogP contribution in [0.1, 0.15) is 33.6 Å². The lowest BCUT2D eigenvalue weighted by molar-refractivity contribution is 0.205. The zero-order chi connectivity index (χ0) is 13.5. The number of aliphatic hydroxyl groups excluding tert-OH is 1. The van der Waals surface area contributed by atoms with E-state index in [1.165, 1.54) is 6.42 Å². The first-order valence-corrected chi connectivity index (χ1v) is 6.92. The van der Waals surface area contributed by atoms with Crippen LogP contribution < -0.4 is 10.6 Å². The molecule has 0 saturated carbocycles. The van der Waals surface area contributed by atoms with E-state index in [-0.39, 0.29) is 18.7 Å². The molecule has 2 amide bonds. The van der Waals surface area contributed by atoms with Crippen LogP contribution in [0.15, 0.2) is 0 Å². The van der Waals surface area contributed by atoms with Crippen molar-refractivity contribution in [3.63, 3.8) is 0 Å². The van der Waals surface area contributed by atoms with Gasteiger partial charge in [-0.1, -0.05) is 13.8 Å². The quantitative estimate of drug-likeness (QED) is 0.659. The summed E-state index contributed by atoms with van der Waals surface area (Å²) in [7, 11) is 0. The van der Waals surface area contributed by atoms with Gasteiger partial charge in [-0.15, -0.1) is 0 Å². The highest BCUT2D eigenvalue weighted by Gasteiger charge is 2.25. The van der Waals surface area contributed by atoms with E-state index in [9.17, 15) is 4.79 Å². The van der Waals surface area contributed by atoms with Gasteiger partial charge in [0.05, 0.1) is 12.6 Å². The van der Waals surface area contributed by atoms with E-state index >= 15 is 0 Å². The van der Waals surface area contributed by atoms with Crippen LogP contribution in [-0.2, 0) is 0 Å². The monoisotopic (exact) mass is 257 g/mol. The van der Waals surface area contributed by atoms with Gasteiger partial charge in [-0.3, -0.25) is 4.90 Å². The van der Waals surface area contributed by atoms with Gasteiger partial charge in [0.15, 0.2) is 0 Å². The smallest absolute Gasteiger partial charge is 0.315 e. The van der Waals surface area contributed by atoms with Gasteiger partial charge in [0.25, 0.3) is 0 Å². The summed E-state index contributed by atoms with van der Waals surface area (Å²) < 4.78 is 0. The van der Waals surface area contributed by atoms with Gasteiger partial charge in [0.2, 0.25) is 0 Å². The average molecular weight is 257 g/mol. The number of hydrogen-bond donors (Lipinski definition) is 3. The normalized spacial score (nSPS) is 22.2. The van der Waals surface area contributed by atoms with E-state index in [1.807, 2.05) is 0 Å². The molecule has 1 heterocycles. The number of aliphatic hydroxyl groups is 1. The Hall–Kier alpha value is -0.810. The number of rotatable bonds is 6. The van der Waals surface area contributed by atoms with Gasteiger partial charge in [0, 0.05) is 19.1 Å². The predicted molar refractivity (Wildman–Crippen MR) is 72.5 cm³/mol. The topological polar surface area (TPSA) is 64.6 Å². The molecule has 1 aliphatic heterocycles. The maximum Gasteiger partial charge on any atom is 0.315 e. The lowest BCUT2D eigenvalue weighted by atomic mass is 10.1. The highest BCUT2D eigenvalue weighted by molar-refractivity contribution is 5.74. The van der Waals surface area contributed by atoms with Crippen molar-refractivity contribution in [2.24, 2.45) is 5.92 Å². The Bertz CT molecular complexity index is 259. The summed E-state index contributed by atoms with van der Waals surface area (Å²) in [5.41, 5.74) is 0. The van der Waals surface area contributed by atoms with Gasteiger partial charge in [-0.05, 0) is 32.2 Å². The number of carbonyl (C=O) groups excluding carboxylic acids is 1. The molecule has 0 unspecified atom stereocenters. The molecule has 5 nitrogen and oxygen atoms in total. The maximum atomic E-state index is 11.5. The second-order valence-corrected chi connectivity index (χ2v) is 5.62. The number of nitrogens with zero attached hydrogens (tertiary/aromatic N) is 1. The molecule has 5 heteroatoms. The molecule has 18 heavy (non-hydrogen) atoms. The first-order chi connectivity index (χ1) is 8.52. The first-order valence-electron chi connectivity index (χ1n) is 6.92. The van der Waals surface area contributed by atoms with Gasteiger partial charge < -0.3 is 15.7 Å². The van der Waals surface area contributed by atoms with Gasteiger partial charge in [-0.2, -0.15) is 0 Å². The minimum atomic E-state index is -0.194. The van der Waals surface area contributed by atoms with Crippen molar-refractivity contribution < 1.29 is 9.90 Å². The van der Waals surface area contributed by atoms with E-state index in [1.54, 1.807) is 6.92 Å². The highest BCUT2D eigenvalue weighted by atomic mass is 16.3. The van der Waals surface area contributed by atoms with E-state index in [0.717, 1.165) is 19.5 Å². The minimum absolute atomic E-state index is 0.0314. The molecule has 1 rings (SSSR count). The SMILES string of the molecule is CC(C)CN1CCC[C@@H]1CNC(=O)N[C@@H](C)CO. The molecule has 2 atom stereocenters. The van der Waals surface area contributed by atoms with Gasteiger partial charge >= 0.3 is 6.03 Å². The molecular weight excluding hydrogens is 230 g/mol. The number of urea groups is 1. The van der Waals surface area contributed by atoms with E-state index < -0.39 is 0 Å². The van der Waals surface area contributed by atoms with Crippen molar-refractivity contribution in [1.82, 2.24) is 15.5 Å². The van der Waals surface area contributed by atoms with Crippen LogP contribution in [0, 0.1) is 5.92 Å². The minimum Gasteiger partial charge on any atom is -0.394 e. The average Bonchev–Trinajstić information content (AvgIpc) is 2.72. The van der Waals surface area contributed by atoms with Crippen LogP contribution in [-0.4, -0.2) is 54.4 Å². The van der Waals surface area contributed by atoms with Gasteiger partial charge in [-0.25, -0.2) is 4.79 Å². The summed E-state index contributed by atoms with van der Waals surface area (Å²) in [5, 5.41) is 14.4. The largest absolute Gasteiger partial charge is 0.394 e.